The molecule has 178 valence electrons. The number of aryl methyl sites for hydroxylation is 1. The first kappa shape index (κ1) is 23.1. The zero-order valence-electron chi connectivity index (χ0n) is 19.6. The Hall–Kier alpha value is -3.61. The van der Waals surface area contributed by atoms with Gasteiger partial charge in [0, 0.05) is 59.6 Å². The summed E-state index contributed by atoms with van der Waals surface area (Å²) in [5.41, 5.74) is 3.81. The van der Waals surface area contributed by atoms with Crippen molar-refractivity contribution in [3.05, 3.63) is 101 Å². The molecule has 5 rings (SSSR count). The minimum atomic E-state index is -0.634. The summed E-state index contributed by atoms with van der Waals surface area (Å²) >= 11 is 6.17. The van der Waals surface area contributed by atoms with E-state index < -0.39 is 12.0 Å². The summed E-state index contributed by atoms with van der Waals surface area (Å²) in [7, 11) is 3.59. The van der Waals surface area contributed by atoms with E-state index in [2.05, 4.69) is 5.32 Å². The van der Waals surface area contributed by atoms with Crippen molar-refractivity contribution in [1.82, 2.24) is 9.47 Å². The van der Waals surface area contributed by atoms with Crippen LogP contribution in [0.1, 0.15) is 33.4 Å². The first-order chi connectivity index (χ1) is 17.0. The van der Waals surface area contributed by atoms with Gasteiger partial charge in [0.1, 0.15) is 0 Å². The van der Waals surface area contributed by atoms with Crippen molar-refractivity contribution < 1.29 is 14.3 Å². The quantitative estimate of drug-likeness (QED) is 0.396. The third kappa shape index (κ3) is 4.20. The van der Waals surface area contributed by atoms with Crippen molar-refractivity contribution in [2.24, 2.45) is 7.05 Å². The normalized spacial score (nSPS) is 17.5. The molecule has 0 bridgehead atoms. The lowest BCUT2D eigenvalue weighted by atomic mass is 9.79. The fourth-order valence-electron chi connectivity index (χ4n) is 5.05. The Bertz CT molecular complexity index is 1410. The molecule has 0 unspecified atom stereocenters. The van der Waals surface area contributed by atoms with E-state index in [9.17, 15) is 9.59 Å². The maximum Gasteiger partial charge on any atom is 0.254 e. The SMILES string of the molecule is COCCN1C(=O)c2ccccc2[C@H](C(=O)Nc2cccc(Cl)c2)[C@@H]1c1cn(C)c2ccccc12. The fourth-order valence-corrected chi connectivity index (χ4v) is 5.24. The lowest BCUT2D eigenvalue weighted by Crippen LogP contribution is -2.47. The highest BCUT2D eigenvalue weighted by Gasteiger charge is 2.45. The van der Waals surface area contributed by atoms with Crippen molar-refractivity contribution in [3.63, 3.8) is 0 Å². The van der Waals surface area contributed by atoms with Gasteiger partial charge in [-0.1, -0.05) is 54.1 Å². The predicted molar refractivity (Wildman–Crippen MR) is 138 cm³/mol. The van der Waals surface area contributed by atoms with E-state index in [1.165, 1.54) is 0 Å². The predicted octanol–water partition coefficient (Wildman–Crippen LogP) is 5.40. The molecule has 0 aliphatic carbocycles. The number of hydrogen-bond donors (Lipinski definition) is 1. The Morgan fingerprint density at radius 1 is 1.03 bits per heavy atom. The van der Waals surface area contributed by atoms with Gasteiger partial charge in [0.15, 0.2) is 0 Å². The van der Waals surface area contributed by atoms with E-state index in [0.717, 1.165) is 16.5 Å². The van der Waals surface area contributed by atoms with E-state index in [-0.39, 0.29) is 11.8 Å². The second kappa shape index (κ2) is 9.56. The molecule has 2 heterocycles. The van der Waals surface area contributed by atoms with Gasteiger partial charge in [-0.3, -0.25) is 9.59 Å². The molecule has 6 nitrogen and oxygen atoms in total. The molecule has 0 saturated heterocycles. The number of rotatable bonds is 6. The molecule has 7 heteroatoms. The van der Waals surface area contributed by atoms with Gasteiger partial charge < -0.3 is 19.5 Å². The van der Waals surface area contributed by atoms with Gasteiger partial charge in [0.25, 0.3) is 5.91 Å². The molecule has 1 aliphatic heterocycles. The molecule has 0 saturated carbocycles. The lowest BCUT2D eigenvalue weighted by Gasteiger charge is -2.41. The smallest absolute Gasteiger partial charge is 0.254 e. The average molecular weight is 488 g/mol. The zero-order chi connectivity index (χ0) is 24.5. The largest absolute Gasteiger partial charge is 0.383 e. The summed E-state index contributed by atoms with van der Waals surface area (Å²) in [5.74, 6) is -0.944. The monoisotopic (exact) mass is 487 g/mol. The fraction of sp³-hybridized carbons (Fsp3) is 0.214. The lowest BCUT2D eigenvalue weighted by molar-refractivity contribution is -0.119. The number of halogens is 1. The number of aromatic nitrogens is 1. The van der Waals surface area contributed by atoms with Crippen LogP contribution in [0, 0.1) is 0 Å². The van der Waals surface area contributed by atoms with Crippen molar-refractivity contribution in [3.8, 4) is 0 Å². The number of nitrogens with zero attached hydrogens (tertiary/aromatic N) is 2. The minimum Gasteiger partial charge on any atom is -0.383 e. The number of carbonyl (C=O) groups excluding carboxylic acids is 2. The molecule has 35 heavy (non-hydrogen) atoms. The summed E-state index contributed by atoms with van der Waals surface area (Å²) in [4.78, 5) is 29.5. The van der Waals surface area contributed by atoms with Crippen LogP contribution in [-0.4, -0.2) is 41.5 Å². The van der Waals surface area contributed by atoms with Crippen LogP contribution in [0.15, 0.2) is 79.0 Å². The van der Waals surface area contributed by atoms with E-state index in [4.69, 9.17) is 16.3 Å². The first-order valence-electron chi connectivity index (χ1n) is 11.5. The maximum atomic E-state index is 14.0. The van der Waals surface area contributed by atoms with Gasteiger partial charge in [-0.05, 0) is 35.9 Å². The van der Waals surface area contributed by atoms with Crippen LogP contribution >= 0.6 is 11.6 Å². The van der Waals surface area contributed by atoms with Crippen LogP contribution in [0.4, 0.5) is 5.69 Å². The maximum absolute atomic E-state index is 14.0. The standard InChI is InChI=1S/C28H26ClN3O3/c1-31-17-23(20-10-5-6-13-24(20)31)26-25(27(33)30-19-9-7-8-18(29)16-19)21-11-3-4-12-22(21)28(34)32(26)14-15-35-2/h3-13,16-17,25-26H,14-15H2,1-2H3,(H,30,33)/t25-,26-/m0/s1. The summed E-state index contributed by atoms with van der Waals surface area (Å²) < 4.78 is 7.39. The molecule has 0 radical (unpaired) electrons. The molecule has 0 fully saturated rings. The first-order valence-corrected chi connectivity index (χ1v) is 11.9. The van der Waals surface area contributed by atoms with Crippen molar-refractivity contribution in [1.29, 1.82) is 0 Å². The number of methoxy groups -OCH3 is 1. The van der Waals surface area contributed by atoms with Crippen LogP contribution in [0.5, 0.6) is 0 Å². The number of amides is 2. The second-order valence-electron chi connectivity index (χ2n) is 8.71. The number of benzene rings is 3. The van der Waals surface area contributed by atoms with Gasteiger partial charge in [-0.25, -0.2) is 0 Å². The summed E-state index contributed by atoms with van der Waals surface area (Å²) in [6.07, 6.45) is 2.02. The Labute approximate surface area is 209 Å². The van der Waals surface area contributed by atoms with E-state index in [1.54, 1.807) is 42.3 Å². The molecule has 1 aliphatic rings. The minimum absolute atomic E-state index is 0.109. The van der Waals surface area contributed by atoms with Gasteiger partial charge in [0.05, 0.1) is 18.6 Å². The molecule has 1 aromatic heterocycles. The van der Waals surface area contributed by atoms with Gasteiger partial charge in [-0.2, -0.15) is 0 Å². The van der Waals surface area contributed by atoms with Crippen LogP contribution in [0.3, 0.4) is 0 Å². The van der Waals surface area contributed by atoms with Crippen molar-refractivity contribution in [2.75, 3.05) is 25.6 Å². The molecule has 1 N–H and O–H groups in total. The highest BCUT2D eigenvalue weighted by Crippen LogP contribution is 2.45. The zero-order valence-corrected chi connectivity index (χ0v) is 20.3. The van der Waals surface area contributed by atoms with Crippen LogP contribution in [0.2, 0.25) is 5.02 Å². The molecule has 4 aromatic rings. The molecule has 2 amide bonds. The summed E-state index contributed by atoms with van der Waals surface area (Å²) in [6.45, 7) is 0.719. The summed E-state index contributed by atoms with van der Waals surface area (Å²) in [5, 5.41) is 4.59. The number of ether oxygens (including phenoxy) is 1. The van der Waals surface area contributed by atoms with Crippen LogP contribution in [-0.2, 0) is 16.6 Å². The average Bonchev–Trinajstić information content (AvgIpc) is 3.19. The topological polar surface area (TPSA) is 63.6 Å². The number of para-hydroxylation sites is 1. The van der Waals surface area contributed by atoms with Gasteiger partial charge in [0.2, 0.25) is 5.91 Å². The number of fused-ring (bicyclic) bond motifs is 2. The number of nitrogens with one attached hydrogen (secondary N) is 1. The second-order valence-corrected chi connectivity index (χ2v) is 9.15. The summed E-state index contributed by atoms with van der Waals surface area (Å²) in [6, 6.07) is 22.0. The van der Waals surface area contributed by atoms with Gasteiger partial charge >= 0.3 is 0 Å². The third-order valence-electron chi connectivity index (χ3n) is 6.60. The Morgan fingerprint density at radius 2 is 1.80 bits per heavy atom. The highest BCUT2D eigenvalue weighted by atomic mass is 35.5. The van der Waals surface area contributed by atoms with Crippen LogP contribution in [0.25, 0.3) is 10.9 Å². The van der Waals surface area contributed by atoms with Crippen molar-refractivity contribution >= 4 is 40.0 Å². The molecule has 0 spiro atoms. The number of anilines is 1. The van der Waals surface area contributed by atoms with E-state index in [0.29, 0.717) is 35.0 Å². The van der Waals surface area contributed by atoms with E-state index >= 15 is 0 Å². The Kier molecular flexibility index (Phi) is 6.32. The molecule has 3 aromatic carbocycles. The third-order valence-corrected chi connectivity index (χ3v) is 6.83. The van der Waals surface area contributed by atoms with Crippen LogP contribution < -0.4 is 5.32 Å². The van der Waals surface area contributed by atoms with E-state index in [1.807, 2.05) is 60.3 Å². The molecular weight excluding hydrogens is 462 g/mol. The molecule has 2 atom stereocenters. The van der Waals surface area contributed by atoms with Crippen molar-refractivity contribution in [2.45, 2.75) is 12.0 Å². The molecular formula is C28H26ClN3O3. The van der Waals surface area contributed by atoms with Gasteiger partial charge in [-0.15, -0.1) is 0 Å². The number of carbonyl (C=O) groups is 2. The Balaban J connectivity index is 1.70. The highest BCUT2D eigenvalue weighted by molar-refractivity contribution is 6.30. The number of hydrogen-bond acceptors (Lipinski definition) is 3. The Morgan fingerprint density at radius 3 is 2.60 bits per heavy atom.